The number of Topliss-reactive ketones (excluding diaryl/α,β-unsaturated/α-hetero) is 1. The van der Waals surface area contributed by atoms with Crippen LogP contribution in [0.4, 0.5) is 4.79 Å². The first kappa shape index (κ1) is 13.7. The molecular weight excluding hydrogens is 262 g/mol. The van der Waals surface area contributed by atoms with Crippen LogP contribution in [0.5, 0.6) is 0 Å². The molecule has 1 heterocycles. The molecule has 1 aromatic rings. The highest BCUT2D eigenvalue weighted by atomic mass is 32.2. The molecule has 1 saturated heterocycles. The standard InChI is InChI=1S/C14H15NO3S/c1-2-18-14(17)15-11-9-19-12(13(11)16)8-10-6-4-3-5-7-10/h3-8,11H,2,9H2,1H3,(H,15,17). The first-order valence-electron chi connectivity index (χ1n) is 6.07. The van der Waals surface area contributed by atoms with Crippen LogP contribution in [0, 0.1) is 0 Å². The molecule has 0 radical (unpaired) electrons. The van der Waals surface area contributed by atoms with Crippen LogP contribution in [0.15, 0.2) is 35.2 Å². The van der Waals surface area contributed by atoms with E-state index < -0.39 is 12.1 Å². The second-order valence-electron chi connectivity index (χ2n) is 4.01. The van der Waals surface area contributed by atoms with Gasteiger partial charge in [-0.1, -0.05) is 30.3 Å². The Hall–Kier alpha value is -1.75. The van der Waals surface area contributed by atoms with E-state index in [1.165, 1.54) is 11.8 Å². The van der Waals surface area contributed by atoms with E-state index in [9.17, 15) is 9.59 Å². The lowest BCUT2D eigenvalue weighted by Crippen LogP contribution is -2.40. The normalized spacial score (nSPS) is 20.6. The number of amides is 1. The summed E-state index contributed by atoms with van der Waals surface area (Å²) in [6.45, 7) is 2.03. The van der Waals surface area contributed by atoms with Gasteiger partial charge in [-0.15, -0.1) is 11.8 Å². The fraction of sp³-hybridized carbons (Fsp3) is 0.286. The highest BCUT2D eigenvalue weighted by Crippen LogP contribution is 2.29. The highest BCUT2D eigenvalue weighted by Gasteiger charge is 2.31. The number of carbonyl (C=O) groups excluding carboxylic acids is 2. The molecule has 1 aliphatic heterocycles. The Morgan fingerprint density at radius 2 is 2.21 bits per heavy atom. The van der Waals surface area contributed by atoms with Crippen LogP contribution >= 0.6 is 11.8 Å². The number of carbonyl (C=O) groups is 2. The molecule has 1 fully saturated rings. The maximum atomic E-state index is 12.1. The number of benzene rings is 1. The summed E-state index contributed by atoms with van der Waals surface area (Å²) in [6, 6.07) is 9.16. The molecule has 19 heavy (non-hydrogen) atoms. The van der Waals surface area contributed by atoms with Gasteiger partial charge in [-0.2, -0.15) is 0 Å². The van der Waals surface area contributed by atoms with Crippen molar-refractivity contribution in [1.29, 1.82) is 0 Å². The lowest BCUT2D eigenvalue weighted by Gasteiger charge is -2.09. The molecule has 1 aromatic carbocycles. The largest absolute Gasteiger partial charge is 0.450 e. The number of ether oxygens (including phenoxy) is 1. The van der Waals surface area contributed by atoms with Crippen molar-refractivity contribution in [1.82, 2.24) is 5.32 Å². The van der Waals surface area contributed by atoms with E-state index in [4.69, 9.17) is 4.74 Å². The minimum atomic E-state index is -0.539. The van der Waals surface area contributed by atoms with Crippen molar-refractivity contribution in [2.45, 2.75) is 13.0 Å². The third-order valence-corrected chi connectivity index (χ3v) is 3.76. The van der Waals surface area contributed by atoms with Crippen molar-refractivity contribution in [3.63, 3.8) is 0 Å². The first-order valence-corrected chi connectivity index (χ1v) is 7.06. The van der Waals surface area contributed by atoms with Gasteiger partial charge in [0.05, 0.1) is 11.5 Å². The summed E-state index contributed by atoms with van der Waals surface area (Å²) >= 11 is 1.45. The summed E-state index contributed by atoms with van der Waals surface area (Å²) in [4.78, 5) is 24.1. The Morgan fingerprint density at radius 3 is 2.89 bits per heavy atom. The zero-order chi connectivity index (χ0) is 13.7. The quantitative estimate of drug-likeness (QED) is 0.862. The van der Waals surface area contributed by atoms with Gasteiger partial charge < -0.3 is 10.1 Å². The molecule has 1 unspecified atom stereocenters. The minimum absolute atomic E-state index is 0.0538. The highest BCUT2D eigenvalue weighted by molar-refractivity contribution is 8.04. The van der Waals surface area contributed by atoms with Crippen molar-refractivity contribution < 1.29 is 14.3 Å². The lowest BCUT2D eigenvalue weighted by molar-refractivity contribution is -0.115. The fourth-order valence-corrected chi connectivity index (χ4v) is 2.81. The Bertz CT molecular complexity index is 499. The minimum Gasteiger partial charge on any atom is -0.450 e. The van der Waals surface area contributed by atoms with E-state index in [1.54, 1.807) is 6.92 Å². The molecule has 0 saturated carbocycles. The number of thioether (sulfide) groups is 1. The number of hydrogen-bond acceptors (Lipinski definition) is 4. The van der Waals surface area contributed by atoms with Gasteiger partial charge in [0.2, 0.25) is 0 Å². The van der Waals surface area contributed by atoms with Gasteiger partial charge in [0.15, 0.2) is 5.78 Å². The molecule has 2 rings (SSSR count). The molecule has 0 aliphatic carbocycles. The van der Waals surface area contributed by atoms with Crippen molar-refractivity contribution in [3.05, 3.63) is 40.8 Å². The van der Waals surface area contributed by atoms with Crippen molar-refractivity contribution in [2.75, 3.05) is 12.4 Å². The van der Waals surface area contributed by atoms with Crippen LogP contribution in [0.2, 0.25) is 0 Å². The Balaban J connectivity index is 2.02. The first-order chi connectivity index (χ1) is 9.20. The van der Waals surface area contributed by atoms with Crippen LogP contribution in [0.25, 0.3) is 6.08 Å². The molecule has 100 valence electrons. The van der Waals surface area contributed by atoms with Crippen LogP contribution in [-0.4, -0.2) is 30.3 Å². The smallest absolute Gasteiger partial charge is 0.407 e. The predicted octanol–water partition coefficient (Wildman–Crippen LogP) is 2.46. The van der Waals surface area contributed by atoms with Crippen LogP contribution in [0.1, 0.15) is 12.5 Å². The second kappa shape index (κ2) is 6.43. The third-order valence-electron chi connectivity index (χ3n) is 2.63. The summed E-state index contributed by atoms with van der Waals surface area (Å²) in [7, 11) is 0. The van der Waals surface area contributed by atoms with Gasteiger partial charge in [-0.25, -0.2) is 4.79 Å². The molecule has 4 nitrogen and oxygen atoms in total. The zero-order valence-electron chi connectivity index (χ0n) is 10.6. The molecule has 1 aliphatic rings. The van der Waals surface area contributed by atoms with E-state index in [1.807, 2.05) is 36.4 Å². The van der Waals surface area contributed by atoms with Crippen molar-refractivity contribution >= 4 is 29.7 Å². The van der Waals surface area contributed by atoms with Crippen LogP contribution in [0.3, 0.4) is 0 Å². The van der Waals surface area contributed by atoms with Gasteiger partial charge >= 0.3 is 6.09 Å². The maximum Gasteiger partial charge on any atom is 0.407 e. The zero-order valence-corrected chi connectivity index (χ0v) is 11.4. The van der Waals surface area contributed by atoms with E-state index in [0.29, 0.717) is 17.3 Å². The molecule has 0 bridgehead atoms. The monoisotopic (exact) mass is 277 g/mol. The SMILES string of the molecule is CCOC(=O)NC1CSC(=Cc2ccccc2)C1=O. The van der Waals surface area contributed by atoms with E-state index in [-0.39, 0.29) is 5.78 Å². The lowest BCUT2D eigenvalue weighted by atomic mass is 10.1. The molecule has 5 heteroatoms. The Morgan fingerprint density at radius 1 is 1.47 bits per heavy atom. The summed E-state index contributed by atoms with van der Waals surface area (Å²) in [5.41, 5.74) is 0.982. The molecular formula is C14H15NO3S. The number of alkyl carbamates (subject to hydrolysis) is 1. The summed E-state index contributed by atoms with van der Waals surface area (Å²) in [6.07, 6.45) is 1.31. The predicted molar refractivity (Wildman–Crippen MR) is 75.8 cm³/mol. The summed E-state index contributed by atoms with van der Waals surface area (Å²) < 4.78 is 4.77. The maximum absolute atomic E-state index is 12.1. The van der Waals surface area contributed by atoms with Crippen LogP contribution in [-0.2, 0) is 9.53 Å². The van der Waals surface area contributed by atoms with E-state index >= 15 is 0 Å². The van der Waals surface area contributed by atoms with Gasteiger partial charge in [-0.05, 0) is 18.6 Å². The van der Waals surface area contributed by atoms with Crippen molar-refractivity contribution in [2.24, 2.45) is 0 Å². The summed E-state index contributed by atoms with van der Waals surface area (Å²) in [5.74, 6) is 0.498. The molecule has 0 aromatic heterocycles. The molecule has 0 spiro atoms. The van der Waals surface area contributed by atoms with Gasteiger partial charge in [-0.3, -0.25) is 4.79 Å². The second-order valence-corrected chi connectivity index (χ2v) is 5.07. The number of hydrogen-bond donors (Lipinski definition) is 1. The van der Waals surface area contributed by atoms with Gasteiger partial charge in [0, 0.05) is 5.75 Å². The van der Waals surface area contributed by atoms with Gasteiger partial charge in [0.1, 0.15) is 6.04 Å². The van der Waals surface area contributed by atoms with Crippen molar-refractivity contribution in [3.8, 4) is 0 Å². The summed E-state index contributed by atoms with van der Waals surface area (Å²) in [5, 5.41) is 2.57. The third kappa shape index (κ3) is 3.61. The average Bonchev–Trinajstić information content (AvgIpc) is 2.73. The average molecular weight is 277 g/mol. The van der Waals surface area contributed by atoms with E-state index in [0.717, 1.165) is 5.56 Å². The molecule has 1 atom stereocenters. The Labute approximate surface area is 116 Å². The number of ketones is 1. The number of rotatable bonds is 3. The Kier molecular flexibility index (Phi) is 4.63. The van der Waals surface area contributed by atoms with Gasteiger partial charge in [0.25, 0.3) is 0 Å². The molecule has 1 N–H and O–H groups in total. The van der Waals surface area contributed by atoms with E-state index in [2.05, 4.69) is 5.32 Å². The molecule has 1 amide bonds. The van der Waals surface area contributed by atoms with Crippen LogP contribution < -0.4 is 5.32 Å². The number of nitrogens with one attached hydrogen (secondary N) is 1. The fourth-order valence-electron chi connectivity index (χ4n) is 1.73. The topological polar surface area (TPSA) is 55.4 Å².